The highest BCUT2D eigenvalue weighted by Gasteiger charge is 2.29. The number of aryl methyl sites for hydroxylation is 2. The van der Waals surface area contributed by atoms with Crippen LogP contribution in [-0.2, 0) is 19.0 Å². The number of hydrogen-bond acceptors (Lipinski definition) is 0. The Hall–Kier alpha value is -2.17. The fraction of sp³-hybridized carbons (Fsp3) is 0.300. The minimum atomic E-state index is -4.33. The van der Waals surface area contributed by atoms with Gasteiger partial charge in [0, 0.05) is 12.0 Å². The first-order valence-corrected chi connectivity index (χ1v) is 8.11. The lowest BCUT2D eigenvalue weighted by Gasteiger charge is -2.08. The molecule has 2 aromatic carbocycles. The number of benzene rings is 2. The maximum Gasteiger partial charge on any atom is 0.416 e. The summed E-state index contributed by atoms with van der Waals surface area (Å²) in [5, 5.41) is 0. The predicted octanol–water partition coefficient (Wildman–Crippen LogP) is 6.90. The Labute approximate surface area is 144 Å². The van der Waals surface area contributed by atoms with Gasteiger partial charge in [0.2, 0.25) is 0 Å². The van der Waals surface area contributed by atoms with Gasteiger partial charge in [-0.25, -0.2) is 8.78 Å². The Morgan fingerprint density at radius 1 is 0.800 bits per heavy atom. The van der Waals surface area contributed by atoms with E-state index in [-0.39, 0.29) is 12.0 Å². The third-order valence-corrected chi connectivity index (χ3v) is 3.90. The summed E-state index contributed by atoms with van der Waals surface area (Å²) in [4.78, 5) is 0. The van der Waals surface area contributed by atoms with Crippen LogP contribution in [0, 0.1) is 0 Å². The molecule has 0 radical (unpaired) electrons. The van der Waals surface area contributed by atoms with E-state index in [4.69, 9.17) is 0 Å². The van der Waals surface area contributed by atoms with Gasteiger partial charge in [-0.05, 0) is 42.5 Å². The van der Waals surface area contributed by atoms with Crippen LogP contribution in [0.2, 0.25) is 0 Å². The molecule has 0 aliphatic heterocycles. The molecule has 0 aliphatic rings. The van der Waals surface area contributed by atoms with Crippen molar-refractivity contribution in [1.82, 2.24) is 0 Å². The van der Waals surface area contributed by atoms with E-state index < -0.39 is 23.4 Å². The quantitative estimate of drug-likeness (QED) is 0.495. The minimum Gasteiger partial charge on any atom is -0.209 e. The number of rotatable bonds is 6. The molecule has 2 aromatic rings. The molecule has 0 saturated carbocycles. The van der Waals surface area contributed by atoms with Crippen LogP contribution in [0.15, 0.2) is 54.4 Å². The van der Waals surface area contributed by atoms with Gasteiger partial charge in [0.1, 0.15) is 5.83 Å². The fourth-order valence-electron chi connectivity index (χ4n) is 2.45. The zero-order valence-electron chi connectivity index (χ0n) is 13.8. The highest BCUT2D eigenvalue weighted by molar-refractivity contribution is 5.61. The summed E-state index contributed by atoms with van der Waals surface area (Å²) in [7, 11) is 0. The van der Waals surface area contributed by atoms with E-state index in [1.165, 1.54) is 24.3 Å². The molecule has 0 bridgehead atoms. The molecule has 0 aromatic heterocycles. The van der Waals surface area contributed by atoms with Gasteiger partial charge in [-0.1, -0.05) is 43.3 Å². The van der Waals surface area contributed by atoms with E-state index in [9.17, 15) is 22.0 Å². The lowest BCUT2D eigenvalue weighted by molar-refractivity contribution is -0.137. The minimum absolute atomic E-state index is 0.0709. The van der Waals surface area contributed by atoms with Gasteiger partial charge in [0.25, 0.3) is 0 Å². The smallest absolute Gasteiger partial charge is 0.209 e. The van der Waals surface area contributed by atoms with Crippen molar-refractivity contribution in [2.75, 3.05) is 0 Å². The van der Waals surface area contributed by atoms with Gasteiger partial charge in [-0.15, -0.1) is 0 Å². The number of alkyl halides is 3. The molecule has 2 rings (SSSR count). The largest absolute Gasteiger partial charge is 0.416 e. The van der Waals surface area contributed by atoms with E-state index in [1.54, 1.807) is 19.1 Å². The topological polar surface area (TPSA) is 0 Å². The second-order valence-electron chi connectivity index (χ2n) is 5.86. The second kappa shape index (κ2) is 8.28. The molecule has 134 valence electrons. The third kappa shape index (κ3) is 5.41. The van der Waals surface area contributed by atoms with Crippen LogP contribution in [-0.4, -0.2) is 0 Å². The highest BCUT2D eigenvalue weighted by atomic mass is 19.4. The molecule has 0 atom stereocenters. The van der Waals surface area contributed by atoms with E-state index >= 15 is 0 Å². The molecule has 5 heteroatoms. The maximum atomic E-state index is 13.8. The average Bonchev–Trinajstić information content (AvgIpc) is 2.59. The van der Waals surface area contributed by atoms with Gasteiger partial charge in [-0.2, -0.15) is 13.2 Å². The molecular formula is C20H19F5. The summed E-state index contributed by atoms with van der Waals surface area (Å²) in [5.41, 5.74) is 1.23. The maximum absolute atomic E-state index is 13.8. The molecule has 0 N–H and O–H groups in total. The molecule has 25 heavy (non-hydrogen) atoms. The van der Waals surface area contributed by atoms with Crippen LogP contribution in [0.5, 0.6) is 0 Å². The van der Waals surface area contributed by atoms with E-state index in [2.05, 4.69) is 0 Å². The molecule has 0 aliphatic carbocycles. The number of allylic oxidation sites excluding steroid dienone is 1. The third-order valence-electron chi connectivity index (χ3n) is 3.90. The van der Waals surface area contributed by atoms with Gasteiger partial charge in [0.05, 0.1) is 5.56 Å². The summed E-state index contributed by atoms with van der Waals surface area (Å²) in [6, 6.07) is 11.5. The Kier molecular flexibility index (Phi) is 6.34. The summed E-state index contributed by atoms with van der Waals surface area (Å²) < 4.78 is 64.9. The molecular weight excluding hydrogens is 335 g/mol. The summed E-state index contributed by atoms with van der Waals surface area (Å²) >= 11 is 0. The Morgan fingerprint density at radius 2 is 1.28 bits per heavy atom. The predicted molar refractivity (Wildman–Crippen MR) is 89.3 cm³/mol. The fourth-order valence-corrected chi connectivity index (χ4v) is 2.45. The Morgan fingerprint density at radius 3 is 1.72 bits per heavy atom. The Balaban J connectivity index is 1.99. The van der Waals surface area contributed by atoms with Crippen molar-refractivity contribution in [1.29, 1.82) is 0 Å². The number of halogens is 5. The van der Waals surface area contributed by atoms with Crippen LogP contribution in [0.25, 0.3) is 5.83 Å². The SMILES string of the molecule is CCCC(F)=C(F)c1ccc(CCc2ccc(C(F)(F)F)cc2)cc1. The normalized spacial score (nSPS) is 12.9. The summed E-state index contributed by atoms with van der Waals surface area (Å²) in [5.74, 6) is -1.59. The molecule has 0 saturated heterocycles. The van der Waals surface area contributed by atoms with Crippen molar-refractivity contribution in [3.63, 3.8) is 0 Å². The standard InChI is InChI=1S/C20H19F5/c1-2-3-18(21)19(22)16-10-6-14(7-11-16)4-5-15-8-12-17(13-9-15)20(23,24)25/h6-13H,2-5H2,1H3. The van der Waals surface area contributed by atoms with Gasteiger partial charge in [-0.3, -0.25) is 0 Å². The summed E-state index contributed by atoms with van der Waals surface area (Å²) in [6.07, 6.45) is -2.56. The van der Waals surface area contributed by atoms with Gasteiger partial charge >= 0.3 is 6.18 Å². The van der Waals surface area contributed by atoms with Crippen molar-refractivity contribution in [2.24, 2.45) is 0 Å². The molecule has 0 unspecified atom stereocenters. The second-order valence-corrected chi connectivity index (χ2v) is 5.86. The van der Waals surface area contributed by atoms with Crippen LogP contribution in [0.3, 0.4) is 0 Å². The van der Waals surface area contributed by atoms with Gasteiger partial charge in [0.15, 0.2) is 5.83 Å². The van der Waals surface area contributed by atoms with Crippen molar-refractivity contribution in [3.05, 3.63) is 76.6 Å². The van der Waals surface area contributed by atoms with Crippen LogP contribution < -0.4 is 0 Å². The molecule has 0 nitrogen and oxygen atoms in total. The summed E-state index contributed by atoms with van der Waals surface area (Å²) in [6.45, 7) is 1.78. The van der Waals surface area contributed by atoms with Crippen molar-refractivity contribution in [3.8, 4) is 0 Å². The molecule has 0 amide bonds. The van der Waals surface area contributed by atoms with Crippen LogP contribution >= 0.6 is 0 Å². The Bertz CT molecular complexity index is 709. The first-order valence-electron chi connectivity index (χ1n) is 8.11. The highest BCUT2D eigenvalue weighted by Crippen LogP contribution is 2.29. The molecule has 0 spiro atoms. The van der Waals surface area contributed by atoms with Gasteiger partial charge < -0.3 is 0 Å². The van der Waals surface area contributed by atoms with Crippen molar-refractivity contribution in [2.45, 2.75) is 38.8 Å². The first-order chi connectivity index (χ1) is 11.8. The van der Waals surface area contributed by atoms with Crippen molar-refractivity contribution >= 4 is 5.83 Å². The van der Waals surface area contributed by atoms with Crippen molar-refractivity contribution < 1.29 is 22.0 Å². The average molecular weight is 354 g/mol. The molecule has 0 heterocycles. The lowest BCUT2D eigenvalue weighted by Crippen LogP contribution is -2.04. The van der Waals surface area contributed by atoms with E-state index in [0.29, 0.717) is 19.3 Å². The van der Waals surface area contributed by atoms with E-state index in [0.717, 1.165) is 23.3 Å². The lowest BCUT2D eigenvalue weighted by atomic mass is 10.0. The molecule has 0 fully saturated rings. The zero-order chi connectivity index (χ0) is 18.4. The van der Waals surface area contributed by atoms with Crippen LogP contribution in [0.1, 0.15) is 42.0 Å². The zero-order valence-corrected chi connectivity index (χ0v) is 13.8. The van der Waals surface area contributed by atoms with Crippen LogP contribution in [0.4, 0.5) is 22.0 Å². The van der Waals surface area contributed by atoms with E-state index in [1.807, 2.05) is 0 Å². The first kappa shape index (κ1) is 19.2. The monoisotopic (exact) mass is 354 g/mol. The number of hydrogen-bond donors (Lipinski definition) is 0.